The van der Waals surface area contributed by atoms with Gasteiger partial charge in [0.1, 0.15) is 11.8 Å². The van der Waals surface area contributed by atoms with Crippen LogP contribution in [0, 0.1) is 6.92 Å². The Hall–Kier alpha value is -2.83. The van der Waals surface area contributed by atoms with Gasteiger partial charge in [0.25, 0.3) is 5.91 Å². The maximum atomic E-state index is 13.6. The third-order valence-corrected chi connectivity index (χ3v) is 7.17. The van der Waals surface area contributed by atoms with Gasteiger partial charge in [-0.2, -0.15) is 0 Å². The molecular formula is C29H32BrClN2O3. The highest BCUT2D eigenvalue weighted by Gasteiger charge is 2.31. The van der Waals surface area contributed by atoms with Crippen molar-refractivity contribution in [3.63, 3.8) is 0 Å². The molecule has 5 nitrogen and oxygen atoms in total. The average Bonchev–Trinajstić information content (AvgIpc) is 2.88. The van der Waals surface area contributed by atoms with E-state index in [-0.39, 0.29) is 31.0 Å². The summed E-state index contributed by atoms with van der Waals surface area (Å²) in [6, 6.07) is 21.9. The summed E-state index contributed by atoms with van der Waals surface area (Å²) in [5.74, 6) is 0.139. The molecule has 190 valence electrons. The molecule has 3 aromatic rings. The van der Waals surface area contributed by atoms with Crippen LogP contribution in [0.5, 0.6) is 5.75 Å². The van der Waals surface area contributed by atoms with E-state index in [4.69, 9.17) is 16.3 Å². The normalized spacial score (nSPS) is 12.5. The summed E-state index contributed by atoms with van der Waals surface area (Å²) in [7, 11) is 0. The largest absolute Gasteiger partial charge is 0.484 e. The summed E-state index contributed by atoms with van der Waals surface area (Å²) in [5.41, 5.74) is 2.86. The van der Waals surface area contributed by atoms with Gasteiger partial charge in [-0.3, -0.25) is 9.59 Å². The van der Waals surface area contributed by atoms with Crippen molar-refractivity contribution in [2.45, 2.75) is 52.2 Å². The fourth-order valence-electron chi connectivity index (χ4n) is 3.72. The Kier molecular flexibility index (Phi) is 10.4. The SMILES string of the molecule is CC[C@@H](C)NC(=O)[C@@H](Cc1ccccc1)N(Cc1ccc(Cl)cc1)C(=O)COc1ccc(Br)c(C)c1. The van der Waals surface area contributed by atoms with Crippen LogP contribution >= 0.6 is 27.5 Å². The Balaban J connectivity index is 1.90. The maximum absolute atomic E-state index is 13.6. The molecule has 36 heavy (non-hydrogen) atoms. The number of ether oxygens (including phenoxy) is 1. The van der Waals surface area contributed by atoms with Crippen LogP contribution < -0.4 is 10.1 Å². The van der Waals surface area contributed by atoms with Crippen LogP contribution in [-0.4, -0.2) is 35.4 Å². The third kappa shape index (κ3) is 8.10. The number of carbonyl (C=O) groups is 2. The quantitative estimate of drug-likeness (QED) is 0.292. The molecule has 7 heteroatoms. The number of nitrogens with zero attached hydrogens (tertiary/aromatic N) is 1. The van der Waals surface area contributed by atoms with Crippen LogP contribution in [0.15, 0.2) is 77.3 Å². The van der Waals surface area contributed by atoms with Crippen LogP contribution in [0.4, 0.5) is 0 Å². The minimum Gasteiger partial charge on any atom is -0.484 e. The highest BCUT2D eigenvalue weighted by molar-refractivity contribution is 9.10. The first-order chi connectivity index (χ1) is 17.3. The zero-order valence-electron chi connectivity index (χ0n) is 20.8. The van der Waals surface area contributed by atoms with Crippen molar-refractivity contribution in [3.05, 3.63) is 99.0 Å². The summed E-state index contributed by atoms with van der Waals surface area (Å²) in [5, 5.41) is 3.68. The molecule has 0 aliphatic heterocycles. The van der Waals surface area contributed by atoms with E-state index >= 15 is 0 Å². The van der Waals surface area contributed by atoms with Gasteiger partial charge in [-0.15, -0.1) is 0 Å². The van der Waals surface area contributed by atoms with Crippen molar-refractivity contribution in [2.75, 3.05) is 6.61 Å². The van der Waals surface area contributed by atoms with E-state index in [1.807, 2.05) is 81.4 Å². The topological polar surface area (TPSA) is 58.6 Å². The monoisotopic (exact) mass is 570 g/mol. The van der Waals surface area contributed by atoms with E-state index in [0.717, 1.165) is 27.6 Å². The Morgan fingerprint density at radius 3 is 2.36 bits per heavy atom. The van der Waals surface area contributed by atoms with E-state index in [1.54, 1.807) is 17.0 Å². The Labute approximate surface area is 226 Å². The van der Waals surface area contributed by atoms with Crippen molar-refractivity contribution in [3.8, 4) is 5.75 Å². The van der Waals surface area contributed by atoms with Crippen molar-refractivity contribution < 1.29 is 14.3 Å². The average molecular weight is 572 g/mol. The fourth-order valence-corrected chi connectivity index (χ4v) is 4.09. The van der Waals surface area contributed by atoms with Crippen LogP contribution in [0.3, 0.4) is 0 Å². The number of hydrogen-bond donors (Lipinski definition) is 1. The predicted molar refractivity (Wildman–Crippen MR) is 148 cm³/mol. The number of benzene rings is 3. The number of carbonyl (C=O) groups excluding carboxylic acids is 2. The third-order valence-electron chi connectivity index (χ3n) is 6.03. The van der Waals surface area contributed by atoms with Crippen LogP contribution in [0.25, 0.3) is 0 Å². The van der Waals surface area contributed by atoms with E-state index < -0.39 is 6.04 Å². The van der Waals surface area contributed by atoms with Crippen molar-refractivity contribution in [1.29, 1.82) is 0 Å². The van der Waals surface area contributed by atoms with Crippen LogP contribution in [-0.2, 0) is 22.6 Å². The van der Waals surface area contributed by atoms with Crippen molar-refractivity contribution in [1.82, 2.24) is 10.2 Å². The predicted octanol–water partition coefficient (Wildman–Crippen LogP) is 6.34. The standard InChI is InChI=1S/C29H32BrClN2O3/c1-4-21(3)32-29(35)27(17-22-8-6-5-7-9-22)33(18-23-10-12-24(31)13-11-23)28(34)19-36-25-14-15-26(30)20(2)16-25/h5-16,21,27H,4,17-19H2,1-3H3,(H,32,35)/t21-,27-/m1/s1. The number of aryl methyl sites for hydroxylation is 1. The van der Waals surface area contributed by atoms with Gasteiger partial charge >= 0.3 is 0 Å². The van der Waals surface area contributed by atoms with E-state index in [2.05, 4.69) is 21.2 Å². The zero-order valence-corrected chi connectivity index (χ0v) is 23.2. The van der Waals surface area contributed by atoms with Crippen LogP contribution in [0.1, 0.15) is 37.0 Å². The van der Waals surface area contributed by atoms with Crippen LogP contribution in [0.2, 0.25) is 5.02 Å². The van der Waals surface area contributed by atoms with E-state index in [9.17, 15) is 9.59 Å². The van der Waals surface area contributed by atoms with Crippen molar-refractivity contribution in [2.24, 2.45) is 0 Å². The summed E-state index contributed by atoms with van der Waals surface area (Å²) < 4.78 is 6.83. The van der Waals surface area contributed by atoms with Gasteiger partial charge in [0.2, 0.25) is 5.91 Å². The lowest BCUT2D eigenvalue weighted by atomic mass is 10.0. The molecule has 0 bridgehead atoms. The molecule has 0 radical (unpaired) electrons. The van der Waals surface area contributed by atoms with Gasteiger partial charge in [0, 0.05) is 28.5 Å². The minimum absolute atomic E-state index is 0.00903. The van der Waals surface area contributed by atoms with Gasteiger partial charge in [0.15, 0.2) is 6.61 Å². The first kappa shape index (κ1) is 27.8. The Bertz CT molecular complexity index is 1150. The summed E-state index contributed by atoms with van der Waals surface area (Å²) in [6.07, 6.45) is 1.18. The van der Waals surface area contributed by atoms with Gasteiger partial charge in [-0.05, 0) is 67.3 Å². The summed E-state index contributed by atoms with van der Waals surface area (Å²) in [4.78, 5) is 28.7. The lowest BCUT2D eigenvalue weighted by Gasteiger charge is -2.32. The lowest BCUT2D eigenvalue weighted by molar-refractivity contribution is -0.143. The highest BCUT2D eigenvalue weighted by atomic mass is 79.9. The van der Waals surface area contributed by atoms with Gasteiger partial charge in [-0.1, -0.05) is 76.9 Å². The molecular weight excluding hydrogens is 540 g/mol. The number of halogens is 2. The summed E-state index contributed by atoms with van der Waals surface area (Å²) >= 11 is 9.56. The first-order valence-corrected chi connectivity index (χ1v) is 13.2. The number of rotatable bonds is 11. The molecule has 0 unspecified atom stereocenters. The Morgan fingerprint density at radius 1 is 1.03 bits per heavy atom. The number of amides is 2. The first-order valence-electron chi connectivity index (χ1n) is 12.0. The van der Waals surface area contributed by atoms with Gasteiger partial charge in [0.05, 0.1) is 0 Å². The molecule has 0 saturated heterocycles. The summed E-state index contributed by atoms with van der Waals surface area (Å²) in [6.45, 7) is 6.01. The second-order valence-electron chi connectivity index (χ2n) is 8.87. The number of nitrogens with one attached hydrogen (secondary N) is 1. The highest BCUT2D eigenvalue weighted by Crippen LogP contribution is 2.22. The molecule has 0 aromatic heterocycles. The molecule has 0 aliphatic carbocycles. The Morgan fingerprint density at radius 2 is 1.72 bits per heavy atom. The zero-order chi connectivity index (χ0) is 26.1. The molecule has 2 atom stereocenters. The van der Waals surface area contributed by atoms with Crippen molar-refractivity contribution >= 4 is 39.3 Å². The van der Waals surface area contributed by atoms with E-state index in [0.29, 0.717) is 17.2 Å². The smallest absolute Gasteiger partial charge is 0.261 e. The van der Waals surface area contributed by atoms with Gasteiger partial charge in [-0.25, -0.2) is 0 Å². The molecule has 3 aromatic carbocycles. The molecule has 0 saturated carbocycles. The molecule has 0 aliphatic rings. The minimum atomic E-state index is -0.708. The molecule has 1 N–H and O–H groups in total. The molecule has 0 fully saturated rings. The second kappa shape index (κ2) is 13.5. The second-order valence-corrected chi connectivity index (χ2v) is 10.2. The molecule has 0 spiro atoms. The number of hydrogen-bond acceptors (Lipinski definition) is 3. The van der Waals surface area contributed by atoms with Gasteiger partial charge < -0.3 is 15.0 Å². The maximum Gasteiger partial charge on any atom is 0.261 e. The molecule has 3 rings (SSSR count). The molecule has 2 amide bonds. The fraction of sp³-hybridized carbons (Fsp3) is 0.310. The van der Waals surface area contributed by atoms with E-state index in [1.165, 1.54) is 0 Å². The lowest BCUT2D eigenvalue weighted by Crippen LogP contribution is -2.53. The molecule has 0 heterocycles.